The van der Waals surface area contributed by atoms with Crippen molar-refractivity contribution in [1.82, 2.24) is 0 Å². The Morgan fingerprint density at radius 1 is 1.19 bits per heavy atom. The van der Waals surface area contributed by atoms with E-state index in [1.54, 1.807) is 0 Å². The first kappa shape index (κ1) is 14.1. The van der Waals surface area contributed by atoms with Gasteiger partial charge in [-0.1, -0.05) is 43.0 Å². The van der Waals surface area contributed by atoms with Crippen molar-refractivity contribution >= 4 is 12.3 Å². The topological polar surface area (TPSA) is 43.4 Å². The predicted octanol–water partition coefficient (Wildman–Crippen LogP) is 2.38. The Bertz CT molecular complexity index is 296. The van der Waals surface area contributed by atoms with Gasteiger partial charge in [-0.25, -0.2) is 0 Å². The Balaban J connectivity index is 0.000000315. The zero-order valence-electron chi connectivity index (χ0n) is 9.55. The average molecular weight is 220 g/mol. The summed E-state index contributed by atoms with van der Waals surface area (Å²) in [5.41, 5.74) is -1.16. The molecule has 1 aromatic rings. The van der Waals surface area contributed by atoms with Gasteiger partial charge in [-0.15, -0.1) is 0 Å². The molecule has 0 radical (unpaired) electrons. The van der Waals surface area contributed by atoms with Crippen LogP contribution in [0, 0.1) is 0 Å². The molecule has 16 heavy (non-hydrogen) atoms. The molecule has 86 valence electrons. The Kier molecular flexibility index (Phi) is 6.52. The normalized spacial score (nSPS) is 12.4. The third kappa shape index (κ3) is 6.54. The van der Waals surface area contributed by atoms with Crippen LogP contribution in [-0.2, 0) is 14.3 Å². The fourth-order valence-corrected chi connectivity index (χ4v) is 0.808. The summed E-state index contributed by atoms with van der Waals surface area (Å²) in [5, 5.41) is 0. The van der Waals surface area contributed by atoms with Gasteiger partial charge in [0, 0.05) is 6.92 Å². The van der Waals surface area contributed by atoms with Crippen LogP contribution < -0.4 is 0 Å². The molecule has 0 amide bonds. The van der Waals surface area contributed by atoms with Crippen molar-refractivity contribution in [2.24, 2.45) is 0 Å². The van der Waals surface area contributed by atoms with Gasteiger partial charge in [0.05, 0.1) is 0 Å². The molecule has 0 spiro atoms. The second-order valence-electron chi connectivity index (χ2n) is 3.25. The molecule has 3 heteroatoms. The number of esters is 1. The van der Waals surface area contributed by atoms with Gasteiger partial charge < -0.3 is 4.74 Å². The van der Waals surface area contributed by atoms with Crippen molar-refractivity contribution in [3.8, 4) is 0 Å². The second-order valence-corrected chi connectivity index (χ2v) is 3.25. The van der Waals surface area contributed by atoms with Gasteiger partial charge in [0.1, 0.15) is 0 Å². The van der Waals surface area contributed by atoms with Crippen molar-refractivity contribution in [1.29, 1.82) is 0 Å². The Hall–Kier alpha value is -1.90. The van der Waals surface area contributed by atoms with Crippen LogP contribution >= 0.6 is 0 Å². The first-order chi connectivity index (χ1) is 7.54. The highest BCUT2D eigenvalue weighted by Gasteiger charge is 2.21. The van der Waals surface area contributed by atoms with Crippen LogP contribution in [0.25, 0.3) is 0 Å². The van der Waals surface area contributed by atoms with Crippen LogP contribution in [0.4, 0.5) is 0 Å². The van der Waals surface area contributed by atoms with Crippen molar-refractivity contribution in [2.45, 2.75) is 19.4 Å². The predicted molar refractivity (Wildman–Crippen MR) is 62.9 cm³/mol. The summed E-state index contributed by atoms with van der Waals surface area (Å²) >= 11 is 0. The van der Waals surface area contributed by atoms with Gasteiger partial charge in [-0.3, -0.25) is 9.59 Å². The summed E-state index contributed by atoms with van der Waals surface area (Å²) < 4.78 is 4.61. The SMILES string of the molecule is C=CC(C)(C=O)OC(C)=O.c1ccccc1. The number of aldehydes is 1. The molecule has 0 saturated carbocycles. The van der Waals surface area contributed by atoms with Crippen molar-refractivity contribution < 1.29 is 14.3 Å². The van der Waals surface area contributed by atoms with Gasteiger partial charge in [0.25, 0.3) is 0 Å². The quantitative estimate of drug-likeness (QED) is 0.446. The molecule has 0 saturated heterocycles. The molecule has 0 aromatic heterocycles. The second kappa shape index (κ2) is 7.40. The van der Waals surface area contributed by atoms with E-state index in [9.17, 15) is 9.59 Å². The largest absolute Gasteiger partial charge is 0.448 e. The molecule has 0 aliphatic rings. The highest BCUT2D eigenvalue weighted by atomic mass is 16.6. The van der Waals surface area contributed by atoms with E-state index in [0.29, 0.717) is 6.29 Å². The van der Waals surface area contributed by atoms with Crippen LogP contribution in [0.15, 0.2) is 49.1 Å². The Morgan fingerprint density at radius 3 is 1.69 bits per heavy atom. The lowest BCUT2D eigenvalue weighted by molar-refractivity contribution is -0.154. The van der Waals surface area contributed by atoms with E-state index in [0.717, 1.165) is 0 Å². The summed E-state index contributed by atoms with van der Waals surface area (Å²) in [5.74, 6) is -0.491. The van der Waals surface area contributed by atoms with Crippen molar-refractivity contribution in [3.05, 3.63) is 49.1 Å². The van der Waals surface area contributed by atoms with E-state index < -0.39 is 11.6 Å². The van der Waals surface area contributed by atoms with E-state index in [-0.39, 0.29) is 0 Å². The highest BCUT2D eigenvalue weighted by molar-refractivity contribution is 5.74. The van der Waals surface area contributed by atoms with Crippen molar-refractivity contribution in [2.75, 3.05) is 0 Å². The first-order valence-electron chi connectivity index (χ1n) is 4.83. The van der Waals surface area contributed by atoms with Crippen LogP contribution in [0.3, 0.4) is 0 Å². The maximum atomic E-state index is 10.3. The third-order valence-corrected chi connectivity index (χ3v) is 1.67. The molecule has 0 fully saturated rings. The minimum Gasteiger partial charge on any atom is -0.448 e. The van der Waals surface area contributed by atoms with Gasteiger partial charge in [-0.2, -0.15) is 0 Å². The summed E-state index contributed by atoms with van der Waals surface area (Å²) in [6, 6.07) is 12.0. The maximum Gasteiger partial charge on any atom is 0.303 e. The van der Waals surface area contributed by atoms with E-state index >= 15 is 0 Å². The fraction of sp³-hybridized carbons (Fsp3) is 0.231. The highest BCUT2D eigenvalue weighted by Crippen LogP contribution is 2.07. The van der Waals surface area contributed by atoms with E-state index in [1.807, 2.05) is 36.4 Å². The maximum absolute atomic E-state index is 10.3. The van der Waals surface area contributed by atoms with Gasteiger partial charge >= 0.3 is 5.97 Å². The molecule has 1 unspecified atom stereocenters. The Morgan fingerprint density at radius 2 is 1.56 bits per heavy atom. The molecule has 0 aliphatic carbocycles. The number of hydrogen-bond donors (Lipinski definition) is 0. The lowest BCUT2D eigenvalue weighted by Crippen LogP contribution is -2.29. The monoisotopic (exact) mass is 220 g/mol. The average Bonchev–Trinajstić information content (AvgIpc) is 2.31. The number of ether oxygens (including phenoxy) is 1. The molecule has 0 aliphatic heterocycles. The summed E-state index contributed by atoms with van der Waals surface area (Å²) in [4.78, 5) is 20.6. The number of hydrogen-bond acceptors (Lipinski definition) is 3. The molecular formula is C13H16O3. The van der Waals surface area contributed by atoms with Crippen LogP contribution in [0.1, 0.15) is 13.8 Å². The molecule has 0 N–H and O–H groups in total. The van der Waals surface area contributed by atoms with Crippen LogP contribution in [0.2, 0.25) is 0 Å². The molecule has 0 bridgehead atoms. The fourth-order valence-electron chi connectivity index (χ4n) is 0.808. The molecule has 1 aromatic carbocycles. The van der Waals surface area contributed by atoms with Gasteiger partial charge in [-0.05, 0) is 13.0 Å². The number of carbonyl (C=O) groups excluding carboxylic acids is 2. The molecule has 3 nitrogen and oxygen atoms in total. The van der Waals surface area contributed by atoms with E-state index in [1.165, 1.54) is 19.9 Å². The number of carbonyl (C=O) groups is 2. The molecular weight excluding hydrogens is 204 g/mol. The lowest BCUT2D eigenvalue weighted by Gasteiger charge is -2.17. The number of rotatable bonds is 3. The summed E-state index contributed by atoms with van der Waals surface area (Å²) in [6.07, 6.45) is 1.81. The molecule has 1 atom stereocenters. The zero-order chi connectivity index (χ0) is 12.4. The third-order valence-electron chi connectivity index (χ3n) is 1.67. The smallest absolute Gasteiger partial charge is 0.303 e. The summed E-state index contributed by atoms with van der Waals surface area (Å²) in [6.45, 7) is 6.06. The summed E-state index contributed by atoms with van der Waals surface area (Å²) in [7, 11) is 0. The van der Waals surface area contributed by atoms with Crippen LogP contribution in [-0.4, -0.2) is 17.9 Å². The van der Waals surface area contributed by atoms with Gasteiger partial charge in [0.2, 0.25) is 0 Å². The number of benzene rings is 1. The van der Waals surface area contributed by atoms with Crippen LogP contribution in [0.5, 0.6) is 0 Å². The van der Waals surface area contributed by atoms with Gasteiger partial charge in [0.15, 0.2) is 11.9 Å². The minimum atomic E-state index is -1.16. The minimum absolute atomic E-state index is 0.491. The van der Waals surface area contributed by atoms with E-state index in [4.69, 9.17) is 0 Å². The zero-order valence-corrected chi connectivity index (χ0v) is 9.55. The lowest BCUT2D eigenvalue weighted by atomic mass is 10.1. The van der Waals surface area contributed by atoms with Crippen molar-refractivity contribution in [3.63, 3.8) is 0 Å². The van der Waals surface area contributed by atoms with E-state index in [2.05, 4.69) is 11.3 Å². The molecule has 0 heterocycles. The Labute approximate surface area is 95.7 Å². The molecule has 1 rings (SSSR count). The first-order valence-corrected chi connectivity index (χ1v) is 4.83. The standard InChI is InChI=1S/C7H10O3.C6H6/c1-4-7(3,5-8)10-6(2)9;1-2-4-6-5-3-1/h4-5H,1H2,2-3H3;1-6H.